The summed E-state index contributed by atoms with van der Waals surface area (Å²) in [6.45, 7) is 0. The lowest BCUT2D eigenvalue weighted by Crippen LogP contribution is -1.96. The molecule has 0 fully saturated rings. The van der Waals surface area contributed by atoms with Gasteiger partial charge >= 0.3 is 0 Å². The largest absolute Gasteiger partial charge is 0.382 e. The third-order valence-electron chi connectivity index (χ3n) is 3.57. The molecule has 1 heterocycles. The number of hydrogen-bond acceptors (Lipinski definition) is 4. The molecule has 2 aromatic carbocycles. The van der Waals surface area contributed by atoms with E-state index in [9.17, 15) is 17.2 Å². The minimum absolute atomic E-state index is 0.128. The maximum absolute atomic E-state index is 13.5. The van der Waals surface area contributed by atoms with Crippen molar-refractivity contribution >= 4 is 15.7 Å². The Morgan fingerprint density at radius 3 is 2.21 bits per heavy atom. The second-order valence-corrected chi connectivity index (χ2v) is 7.30. The van der Waals surface area contributed by atoms with E-state index >= 15 is 0 Å². The van der Waals surface area contributed by atoms with Gasteiger partial charge in [0, 0.05) is 11.8 Å². The normalized spacial score (nSPS) is 11.6. The van der Waals surface area contributed by atoms with Gasteiger partial charge in [-0.1, -0.05) is 18.2 Å². The molecule has 0 radical (unpaired) electrons. The Morgan fingerprint density at radius 2 is 1.62 bits per heavy atom. The van der Waals surface area contributed by atoms with Crippen molar-refractivity contribution in [3.63, 3.8) is 0 Å². The van der Waals surface area contributed by atoms with Crippen molar-refractivity contribution in [1.82, 2.24) is 10.2 Å². The van der Waals surface area contributed by atoms with Gasteiger partial charge in [-0.2, -0.15) is 5.10 Å². The maximum Gasteiger partial charge on any atom is 0.175 e. The molecule has 0 aliphatic rings. The van der Waals surface area contributed by atoms with Crippen LogP contribution in [0.15, 0.2) is 47.4 Å². The maximum atomic E-state index is 13.5. The van der Waals surface area contributed by atoms with Crippen LogP contribution >= 0.6 is 0 Å². The Balaban J connectivity index is 2.12. The summed E-state index contributed by atoms with van der Waals surface area (Å²) >= 11 is 0. The summed E-state index contributed by atoms with van der Waals surface area (Å²) in [6.07, 6.45) is 1.11. The minimum atomic E-state index is -3.31. The van der Waals surface area contributed by atoms with Crippen molar-refractivity contribution in [2.75, 3.05) is 12.0 Å². The second kappa shape index (κ2) is 5.72. The quantitative estimate of drug-likeness (QED) is 0.761. The number of sulfone groups is 1. The fraction of sp³-hybridized carbons (Fsp3) is 0.0625. The fourth-order valence-corrected chi connectivity index (χ4v) is 3.01. The van der Waals surface area contributed by atoms with Crippen molar-refractivity contribution in [3.05, 3.63) is 54.1 Å². The van der Waals surface area contributed by atoms with Crippen LogP contribution in [0.5, 0.6) is 0 Å². The molecule has 0 amide bonds. The average molecular weight is 349 g/mol. The first-order valence-electron chi connectivity index (χ1n) is 6.87. The van der Waals surface area contributed by atoms with E-state index in [4.69, 9.17) is 5.73 Å². The van der Waals surface area contributed by atoms with Gasteiger partial charge in [0.1, 0.15) is 0 Å². The van der Waals surface area contributed by atoms with Crippen LogP contribution in [0.4, 0.5) is 14.6 Å². The molecule has 0 saturated carbocycles. The first-order chi connectivity index (χ1) is 11.3. The number of halogens is 2. The molecule has 0 spiro atoms. The number of aromatic nitrogens is 2. The van der Waals surface area contributed by atoms with Gasteiger partial charge in [-0.05, 0) is 29.8 Å². The molecule has 1 aromatic heterocycles. The number of nitrogens with two attached hydrogens (primary N) is 1. The third kappa shape index (κ3) is 2.88. The molecule has 5 nitrogen and oxygen atoms in total. The van der Waals surface area contributed by atoms with Gasteiger partial charge in [0.2, 0.25) is 0 Å². The van der Waals surface area contributed by atoms with Gasteiger partial charge in [0.15, 0.2) is 27.3 Å². The van der Waals surface area contributed by atoms with Crippen LogP contribution < -0.4 is 5.73 Å². The highest BCUT2D eigenvalue weighted by atomic mass is 32.2. The molecule has 0 atom stereocenters. The molecular weight excluding hydrogens is 336 g/mol. The number of hydrogen-bond donors (Lipinski definition) is 2. The lowest BCUT2D eigenvalue weighted by Gasteiger charge is -2.06. The lowest BCUT2D eigenvalue weighted by molar-refractivity contribution is 0.509. The Hall–Kier alpha value is -2.74. The molecule has 0 unspecified atom stereocenters. The summed E-state index contributed by atoms with van der Waals surface area (Å²) in [5.41, 5.74) is 7.73. The van der Waals surface area contributed by atoms with Crippen LogP contribution in [-0.2, 0) is 9.84 Å². The number of nitrogen functional groups attached to an aromatic ring is 1. The van der Waals surface area contributed by atoms with E-state index in [1.165, 1.54) is 18.2 Å². The number of anilines is 1. The monoisotopic (exact) mass is 349 g/mol. The van der Waals surface area contributed by atoms with Gasteiger partial charge < -0.3 is 5.73 Å². The molecule has 0 aliphatic heterocycles. The van der Waals surface area contributed by atoms with Gasteiger partial charge in [-0.25, -0.2) is 17.2 Å². The molecule has 0 bridgehead atoms. The number of H-pyrrole nitrogens is 1. The minimum Gasteiger partial charge on any atom is -0.382 e. The number of nitrogens with zero attached hydrogens (tertiary/aromatic N) is 1. The number of rotatable bonds is 3. The molecule has 0 aliphatic carbocycles. The Bertz CT molecular complexity index is 1010. The van der Waals surface area contributed by atoms with E-state index in [0.29, 0.717) is 22.4 Å². The number of nitrogens with one attached hydrogen (secondary N) is 1. The van der Waals surface area contributed by atoms with E-state index in [2.05, 4.69) is 10.2 Å². The zero-order valence-electron chi connectivity index (χ0n) is 12.5. The standard InChI is InChI=1S/C16H13F2N3O2S/c1-24(22,23)11-5-2-9(3-6-11)15-14(16(19)21-20-15)10-4-7-12(17)13(18)8-10/h2-8H,1H3,(H3,19,20,21). The van der Waals surface area contributed by atoms with Gasteiger partial charge in [-0.3, -0.25) is 5.10 Å². The lowest BCUT2D eigenvalue weighted by atomic mass is 10.0. The van der Waals surface area contributed by atoms with E-state index in [-0.39, 0.29) is 10.7 Å². The van der Waals surface area contributed by atoms with Crippen LogP contribution in [0.2, 0.25) is 0 Å². The molecule has 24 heavy (non-hydrogen) atoms. The summed E-state index contributed by atoms with van der Waals surface area (Å²) in [5.74, 6) is -1.82. The second-order valence-electron chi connectivity index (χ2n) is 5.28. The van der Waals surface area contributed by atoms with Crippen molar-refractivity contribution in [2.24, 2.45) is 0 Å². The predicted octanol–water partition coefficient (Wildman–Crippen LogP) is 3.01. The highest BCUT2D eigenvalue weighted by Crippen LogP contribution is 2.35. The van der Waals surface area contributed by atoms with Crippen molar-refractivity contribution < 1.29 is 17.2 Å². The van der Waals surface area contributed by atoms with E-state index in [1.807, 2.05) is 0 Å². The number of benzene rings is 2. The Morgan fingerprint density at radius 1 is 1.00 bits per heavy atom. The smallest absolute Gasteiger partial charge is 0.175 e. The van der Waals surface area contributed by atoms with Crippen LogP contribution in [0.25, 0.3) is 22.4 Å². The molecule has 0 saturated heterocycles. The highest BCUT2D eigenvalue weighted by Gasteiger charge is 2.17. The average Bonchev–Trinajstić information content (AvgIpc) is 2.91. The van der Waals surface area contributed by atoms with Gasteiger partial charge in [0.25, 0.3) is 0 Å². The zero-order chi connectivity index (χ0) is 17.5. The summed E-state index contributed by atoms with van der Waals surface area (Å²) in [4.78, 5) is 0.174. The van der Waals surface area contributed by atoms with Gasteiger partial charge in [0.05, 0.1) is 16.2 Å². The fourth-order valence-electron chi connectivity index (χ4n) is 2.38. The molecule has 3 aromatic rings. The van der Waals surface area contributed by atoms with Crippen LogP contribution in [0.1, 0.15) is 0 Å². The Kier molecular flexibility index (Phi) is 3.84. The van der Waals surface area contributed by atoms with E-state index in [0.717, 1.165) is 18.4 Å². The molecule has 3 N–H and O–H groups in total. The highest BCUT2D eigenvalue weighted by molar-refractivity contribution is 7.90. The third-order valence-corrected chi connectivity index (χ3v) is 4.70. The molecule has 3 rings (SSSR count). The first kappa shape index (κ1) is 16.1. The zero-order valence-corrected chi connectivity index (χ0v) is 13.4. The van der Waals surface area contributed by atoms with Crippen molar-refractivity contribution in [1.29, 1.82) is 0 Å². The van der Waals surface area contributed by atoms with Crippen LogP contribution in [0, 0.1) is 11.6 Å². The summed E-state index contributed by atoms with van der Waals surface area (Å²) in [5, 5.41) is 6.65. The first-order valence-corrected chi connectivity index (χ1v) is 8.76. The topological polar surface area (TPSA) is 88.8 Å². The predicted molar refractivity (Wildman–Crippen MR) is 86.9 cm³/mol. The number of aromatic amines is 1. The summed E-state index contributed by atoms with van der Waals surface area (Å²) < 4.78 is 49.7. The van der Waals surface area contributed by atoms with Crippen molar-refractivity contribution in [2.45, 2.75) is 4.90 Å². The van der Waals surface area contributed by atoms with E-state index in [1.54, 1.807) is 12.1 Å². The van der Waals surface area contributed by atoms with Crippen LogP contribution in [-0.4, -0.2) is 24.9 Å². The van der Waals surface area contributed by atoms with Gasteiger partial charge in [-0.15, -0.1) is 0 Å². The summed E-state index contributed by atoms with van der Waals surface area (Å²) in [7, 11) is -3.31. The molecule has 8 heteroatoms. The van der Waals surface area contributed by atoms with Crippen LogP contribution in [0.3, 0.4) is 0 Å². The summed E-state index contributed by atoms with van der Waals surface area (Å²) in [6, 6.07) is 9.53. The Labute approximate surface area is 137 Å². The van der Waals surface area contributed by atoms with Crippen molar-refractivity contribution in [3.8, 4) is 22.4 Å². The molecule has 124 valence electrons. The van der Waals surface area contributed by atoms with E-state index < -0.39 is 21.5 Å². The molecular formula is C16H13F2N3O2S. The SMILES string of the molecule is CS(=O)(=O)c1ccc(-c2[nH]nc(N)c2-c2ccc(F)c(F)c2)cc1.